The minimum absolute atomic E-state index is 0. The van der Waals surface area contributed by atoms with E-state index in [0.717, 1.165) is 44.9 Å². The summed E-state index contributed by atoms with van der Waals surface area (Å²) in [6.45, 7) is 9.61. The predicted octanol–water partition coefficient (Wildman–Crippen LogP) is 3.83. The number of carbonyl (C=O) groups excluding carboxylic acids is 1. The Kier molecular flexibility index (Phi) is 12.2. The van der Waals surface area contributed by atoms with Gasteiger partial charge >= 0.3 is 0 Å². The predicted molar refractivity (Wildman–Crippen MR) is 128 cm³/mol. The number of aliphatic imine (C=N–C) groups is 1. The van der Waals surface area contributed by atoms with Crippen LogP contribution in [0.4, 0.5) is 0 Å². The first-order valence-electron chi connectivity index (χ1n) is 10.4. The summed E-state index contributed by atoms with van der Waals surface area (Å²) in [5.74, 6) is 1.66. The number of likely N-dealkylation sites (tertiary alicyclic amines) is 1. The molecule has 0 radical (unpaired) electrons. The van der Waals surface area contributed by atoms with Gasteiger partial charge in [0.25, 0.3) is 0 Å². The average molecular weight is 500 g/mol. The molecule has 6 heteroatoms. The fourth-order valence-corrected chi connectivity index (χ4v) is 3.49. The quantitative estimate of drug-likeness (QED) is 0.324. The monoisotopic (exact) mass is 500 g/mol. The zero-order chi connectivity index (χ0) is 19.5. The van der Waals surface area contributed by atoms with Gasteiger partial charge in [-0.3, -0.25) is 9.79 Å². The van der Waals surface area contributed by atoms with Crippen molar-refractivity contribution in [1.82, 2.24) is 15.5 Å². The highest BCUT2D eigenvalue weighted by molar-refractivity contribution is 14.0. The lowest BCUT2D eigenvalue weighted by atomic mass is 10.00. The van der Waals surface area contributed by atoms with Crippen molar-refractivity contribution in [2.75, 3.05) is 26.2 Å². The molecule has 28 heavy (non-hydrogen) atoms. The number of nitrogens with one attached hydrogen (secondary N) is 2. The number of hydrogen-bond acceptors (Lipinski definition) is 2. The van der Waals surface area contributed by atoms with Gasteiger partial charge in [-0.05, 0) is 51.0 Å². The van der Waals surface area contributed by atoms with E-state index in [0.29, 0.717) is 24.9 Å². The second kappa shape index (κ2) is 13.8. The Morgan fingerprint density at radius 2 is 2.07 bits per heavy atom. The number of rotatable bonds is 8. The molecule has 2 rings (SSSR count). The molecule has 158 valence electrons. The van der Waals surface area contributed by atoms with Crippen LogP contribution in [0.25, 0.3) is 0 Å². The second-order valence-corrected chi connectivity index (χ2v) is 7.67. The zero-order valence-corrected chi connectivity index (χ0v) is 19.9. The molecule has 5 nitrogen and oxygen atoms in total. The van der Waals surface area contributed by atoms with E-state index in [2.05, 4.69) is 60.7 Å². The Bertz CT molecular complexity index is 593. The molecule has 0 spiro atoms. The maximum absolute atomic E-state index is 12.4. The fourth-order valence-electron chi connectivity index (χ4n) is 3.49. The molecule has 1 saturated heterocycles. The zero-order valence-electron chi connectivity index (χ0n) is 17.6. The minimum Gasteiger partial charge on any atom is -0.357 e. The van der Waals surface area contributed by atoms with Gasteiger partial charge in [0, 0.05) is 32.1 Å². The van der Waals surface area contributed by atoms with Crippen molar-refractivity contribution in [2.45, 2.75) is 58.9 Å². The normalized spacial score (nSPS) is 18.2. The summed E-state index contributed by atoms with van der Waals surface area (Å²) in [7, 11) is 0. The molecular weight excluding hydrogens is 463 g/mol. The van der Waals surface area contributed by atoms with Gasteiger partial charge in [-0.1, -0.05) is 37.3 Å². The molecule has 0 aliphatic carbocycles. The summed E-state index contributed by atoms with van der Waals surface area (Å²) in [4.78, 5) is 19.0. The molecule has 2 atom stereocenters. The third-order valence-electron chi connectivity index (χ3n) is 5.04. The van der Waals surface area contributed by atoms with Crippen LogP contribution in [0.15, 0.2) is 35.3 Å². The third kappa shape index (κ3) is 9.26. The topological polar surface area (TPSA) is 56.7 Å². The van der Waals surface area contributed by atoms with Crippen molar-refractivity contribution in [2.24, 2.45) is 10.9 Å². The number of aryl methyl sites for hydroxylation is 1. The lowest BCUT2D eigenvalue weighted by Crippen LogP contribution is -2.43. The van der Waals surface area contributed by atoms with Gasteiger partial charge in [-0.25, -0.2) is 0 Å². The highest BCUT2D eigenvalue weighted by atomic mass is 127. The SMILES string of the molecule is CCNC(=NCCC(=O)N1CCCC(C)C1)NC(C)CCc1ccccc1.I. The smallest absolute Gasteiger partial charge is 0.224 e. The summed E-state index contributed by atoms with van der Waals surface area (Å²) >= 11 is 0. The largest absolute Gasteiger partial charge is 0.357 e. The third-order valence-corrected chi connectivity index (χ3v) is 5.04. The Balaban J connectivity index is 0.00000392. The number of nitrogens with zero attached hydrogens (tertiary/aromatic N) is 2. The maximum Gasteiger partial charge on any atom is 0.224 e. The highest BCUT2D eigenvalue weighted by Gasteiger charge is 2.20. The molecule has 0 aromatic heterocycles. The van der Waals surface area contributed by atoms with Crippen molar-refractivity contribution in [1.29, 1.82) is 0 Å². The highest BCUT2D eigenvalue weighted by Crippen LogP contribution is 2.16. The van der Waals surface area contributed by atoms with E-state index in [-0.39, 0.29) is 29.9 Å². The van der Waals surface area contributed by atoms with Crippen molar-refractivity contribution >= 4 is 35.8 Å². The Morgan fingerprint density at radius 3 is 2.75 bits per heavy atom. The molecule has 2 N–H and O–H groups in total. The summed E-state index contributed by atoms with van der Waals surface area (Å²) in [6.07, 6.45) is 4.93. The molecule has 1 aromatic rings. The molecule has 1 amide bonds. The van der Waals surface area contributed by atoms with Crippen LogP contribution in [-0.2, 0) is 11.2 Å². The van der Waals surface area contributed by atoms with Crippen LogP contribution in [0.5, 0.6) is 0 Å². The Morgan fingerprint density at radius 1 is 1.32 bits per heavy atom. The fraction of sp³-hybridized carbons (Fsp3) is 0.636. The lowest BCUT2D eigenvalue weighted by Gasteiger charge is -2.30. The maximum atomic E-state index is 12.4. The molecular formula is C22H37IN4O. The molecule has 1 aromatic carbocycles. The van der Waals surface area contributed by atoms with Gasteiger partial charge in [-0.15, -0.1) is 24.0 Å². The van der Waals surface area contributed by atoms with E-state index in [4.69, 9.17) is 0 Å². The van der Waals surface area contributed by atoms with Gasteiger partial charge in [0.2, 0.25) is 5.91 Å². The standard InChI is InChI=1S/C22H36N4O.HI/c1-4-23-22(25-19(3)12-13-20-10-6-5-7-11-20)24-15-14-21(27)26-16-8-9-18(2)17-26;/h5-7,10-11,18-19H,4,8-9,12-17H2,1-3H3,(H2,23,24,25);1H. The van der Waals surface area contributed by atoms with E-state index < -0.39 is 0 Å². The first-order valence-corrected chi connectivity index (χ1v) is 10.4. The van der Waals surface area contributed by atoms with E-state index >= 15 is 0 Å². The van der Waals surface area contributed by atoms with Crippen LogP contribution < -0.4 is 10.6 Å². The van der Waals surface area contributed by atoms with Gasteiger partial charge in [0.05, 0.1) is 6.54 Å². The Hall–Kier alpha value is -1.31. The molecule has 0 bridgehead atoms. The number of halogens is 1. The number of carbonyl (C=O) groups is 1. The summed E-state index contributed by atoms with van der Waals surface area (Å²) in [5, 5.41) is 6.75. The number of piperidine rings is 1. The molecule has 0 saturated carbocycles. The van der Waals surface area contributed by atoms with Gasteiger partial charge in [0.15, 0.2) is 5.96 Å². The first kappa shape index (κ1) is 24.7. The molecule has 1 aliphatic heterocycles. The van der Waals surface area contributed by atoms with Crippen LogP contribution in [0.3, 0.4) is 0 Å². The molecule has 1 fully saturated rings. The van der Waals surface area contributed by atoms with Crippen LogP contribution in [0, 0.1) is 5.92 Å². The van der Waals surface area contributed by atoms with E-state index in [1.54, 1.807) is 0 Å². The Labute approximate surface area is 187 Å². The molecule has 1 aliphatic rings. The van der Waals surface area contributed by atoms with Crippen molar-refractivity contribution in [3.63, 3.8) is 0 Å². The van der Waals surface area contributed by atoms with Gasteiger partial charge < -0.3 is 15.5 Å². The number of guanidine groups is 1. The summed E-state index contributed by atoms with van der Waals surface area (Å²) < 4.78 is 0. The van der Waals surface area contributed by atoms with Crippen molar-refractivity contribution < 1.29 is 4.79 Å². The van der Waals surface area contributed by atoms with Crippen molar-refractivity contribution in [3.05, 3.63) is 35.9 Å². The van der Waals surface area contributed by atoms with Crippen LogP contribution >= 0.6 is 24.0 Å². The minimum atomic E-state index is 0. The van der Waals surface area contributed by atoms with E-state index in [1.807, 2.05) is 11.0 Å². The average Bonchev–Trinajstić information content (AvgIpc) is 2.67. The van der Waals surface area contributed by atoms with Gasteiger partial charge in [0.1, 0.15) is 0 Å². The van der Waals surface area contributed by atoms with E-state index in [1.165, 1.54) is 12.0 Å². The lowest BCUT2D eigenvalue weighted by molar-refractivity contribution is -0.132. The van der Waals surface area contributed by atoms with Crippen molar-refractivity contribution in [3.8, 4) is 0 Å². The second-order valence-electron chi connectivity index (χ2n) is 7.67. The van der Waals surface area contributed by atoms with Gasteiger partial charge in [-0.2, -0.15) is 0 Å². The van der Waals surface area contributed by atoms with Crippen LogP contribution in [0.1, 0.15) is 52.0 Å². The molecule has 1 heterocycles. The summed E-state index contributed by atoms with van der Waals surface area (Å²) in [5.41, 5.74) is 1.36. The molecule has 2 unspecified atom stereocenters. The van der Waals surface area contributed by atoms with Crippen LogP contribution in [-0.4, -0.2) is 49.0 Å². The van der Waals surface area contributed by atoms with Crippen LogP contribution in [0.2, 0.25) is 0 Å². The number of benzene rings is 1. The number of hydrogen-bond donors (Lipinski definition) is 2. The first-order chi connectivity index (χ1) is 13.1. The summed E-state index contributed by atoms with van der Waals surface area (Å²) in [6, 6.07) is 10.9. The number of amides is 1. The van der Waals surface area contributed by atoms with E-state index in [9.17, 15) is 4.79 Å².